The van der Waals surface area contributed by atoms with Crippen molar-refractivity contribution in [3.8, 4) is 0 Å². The number of carbonyl (C=O) groups excluding carboxylic acids is 1. The monoisotopic (exact) mass is 448 g/mol. The summed E-state index contributed by atoms with van der Waals surface area (Å²) >= 11 is 0. The first-order valence-corrected chi connectivity index (χ1v) is 12.4. The molecule has 1 aliphatic heterocycles. The third-order valence-electron chi connectivity index (χ3n) is 4.34. The minimum Gasteiger partial charge on any atom is -0.379 e. The van der Waals surface area contributed by atoms with Gasteiger partial charge in [0.2, 0.25) is 20.0 Å². The van der Waals surface area contributed by atoms with Gasteiger partial charge < -0.3 is 15.4 Å². The van der Waals surface area contributed by atoms with Gasteiger partial charge in [0.25, 0.3) is 0 Å². The number of urea groups is 1. The zero-order valence-corrected chi connectivity index (χ0v) is 18.2. The van der Waals surface area contributed by atoms with Gasteiger partial charge in [0.15, 0.2) is 0 Å². The van der Waals surface area contributed by atoms with Crippen molar-refractivity contribution in [2.75, 3.05) is 51.7 Å². The van der Waals surface area contributed by atoms with Gasteiger partial charge in [-0.3, -0.25) is 0 Å². The second-order valence-corrected chi connectivity index (χ2v) is 10.5. The number of hydrogen-bond donors (Lipinski definition) is 3. The van der Waals surface area contributed by atoms with E-state index in [1.165, 1.54) is 4.31 Å². The molecule has 1 heterocycles. The molecule has 0 bridgehead atoms. The average molecular weight is 449 g/mol. The number of morpholine rings is 1. The van der Waals surface area contributed by atoms with Crippen molar-refractivity contribution in [3.63, 3.8) is 0 Å². The van der Waals surface area contributed by atoms with Gasteiger partial charge in [-0.2, -0.15) is 4.31 Å². The second kappa shape index (κ2) is 10.3. The molecular formula is C17H28N4O6S2. The Kier molecular flexibility index (Phi) is 8.40. The van der Waals surface area contributed by atoms with Crippen molar-refractivity contribution in [1.82, 2.24) is 19.7 Å². The SMILES string of the molecule is Cc1ccc(C)c(S(=O)(=O)NCCNC(=O)NCCS(=O)(=O)N2CCOCC2)c1. The van der Waals surface area contributed by atoms with E-state index in [1.807, 2.05) is 13.0 Å². The van der Waals surface area contributed by atoms with Crippen molar-refractivity contribution in [2.45, 2.75) is 18.7 Å². The topological polar surface area (TPSA) is 134 Å². The molecule has 2 amide bonds. The van der Waals surface area contributed by atoms with E-state index in [4.69, 9.17) is 4.74 Å². The minimum absolute atomic E-state index is 0.00914. The van der Waals surface area contributed by atoms with Crippen LogP contribution >= 0.6 is 0 Å². The summed E-state index contributed by atoms with van der Waals surface area (Å²) < 4.78 is 57.9. The van der Waals surface area contributed by atoms with Crippen molar-refractivity contribution >= 4 is 26.1 Å². The number of aryl methyl sites for hydroxylation is 2. The van der Waals surface area contributed by atoms with E-state index >= 15 is 0 Å². The van der Waals surface area contributed by atoms with Crippen molar-refractivity contribution < 1.29 is 26.4 Å². The van der Waals surface area contributed by atoms with Crippen molar-refractivity contribution in [1.29, 1.82) is 0 Å². The normalized spacial score (nSPS) is 15.8. The standard InChI is InChI=1S/C17H28N4O6S2/c1-14-3-4-15(2)16(13-14)29(25,26)20-6-5-18-17(22)19-7-12-28(23,24)21-8-10-27-11-9-21/h3-4,13,20H,5-12H2,1-2H3,(H2,18,19,22). The molecule has 1 saturated heterocycles. The van der Waals surface area contributed by atoms with Crippen molar-refractivity contribution in [2.24, 2.45) is 0 Å². The lowest BCUT2D eigenvalue weighted by molar-refractivity contribution is 0.0730. The van der Waals surface area contributed by atoms with Gasteiger partial charge in [-0.1, -0.05) is 12.1 Å². The van der Waals surface area contributed by atoms with E-state index in [2.05, 4.69) is 15.4 Å². The Bertz CT molecular complexity index is 912. The number of nitrogens with one attached hydrogen (secondary N) is 3. The molecule has 2 rings (SSSR count). The van der Waals surface area contributed by atoms with Crippen LogP contribution in [0.4, 0.5) is 4.79 Å². The van der Waals surface area contributed by atoms with Gasteiger partial charge in [0, 0.05) is 32.7 Å². The fourth-order valence-electron chi connectivity index (χ4n) is 2.75. The fraction of sp³-hybridized carbons (Fsp3) is 0.588. The van der Waals surface area contributed by atoms with Crippen LogP contribution in [0.25, 0.3) is 0 Å². The molecule has 0 spiro atoms. The molecule has 12 heteroatoms. The van der Waals surface area contributed by atoms with Crippen LogP contribution in [0.1, 0.15) is 11.1 Å². The maximum atomic E-state index is 12.4. The maximum Gasteiger partial charge on any atom is 0.314 e. The molecule has 29 heavy (non-hydrogen) atoms. The third-order valence-corrected chi connectivity index (χ3v) is 7.82. The summed E-state index contributed by atoms with van der Waals surface area (Å²) in [5.74, 6) is -0.209. The predicted molar refractivity (Wildman–Crippen MR) is 109 cm³/mol. The van der Waals surface area contributed by atoms with Gasteiger partial charge in [-0.25, -0.2) is 26.4 Å². The quantitative estimate of drug-likeness (QED) is 0.438. The molecule has 0 atom stereocenters. The largest absolute Gasteiger partial charge is 0.379 e. The van der Waals surface area contributed by atoms with Crippen LogP contribution in [0.2, 0.25) is 0 Å². The first-order chi connectivity index (χ1) is 13.6. The van der Waals surface area contributed by atoms with Crippen LogP contribution in [0, 0.1) is 13.8 Å². The Morgan fingerprint density at radius 1 is 1.03 bits per heavy atom. The van der Waals surface area contributed by atoms with E-state index in [1.54, 1.807) is 19.1 Å². The molecule has 164 valence electrons. The summed E-state index contributed by atoms with van der Waals surface area (Å²) in [6.45, 7) is 4.91. The summed E-state index contributed by atoms with van der Waals surface area (Å²) in [6, 6.07) is 4.60. The summed E-state index contributed by atoms with van der Waals surface area (Å²) in [5, 5.41) is 4.95. The van der Waals surface area contributed by atoms with Crippen LogP contribution in [0.5, 0.6) is 0 Å². The Labute approximate surface area is 172 Å². The number of ether oxygens (including phenoxy) is 1. The average Bonchev–Trinajstić information content (AvgIpc) is 2.67. The zero-order chi connectivity index (χ0) is 21.5. The molecule has 1 fully saturated rings. The minimum atomic E-state index is -3.68. The molecule has 3 N–H and O–H groups in total. The predicted octanol–water partition coefficient (Wildman–Crippen LogP) is -0.457. The molecule has 1 aromatic rings. The molecule has 0 aromatic heterocycles. The molecule has 0 aliphatic carbocycles. The van der Waals surface area contributed by atoms with E-state index < -0.39 is 26.1 Å². The summed E-state index contributed by atoms with van der Waals surface area (Å²) in [4.78, 5) is 12.0. The number of benzene rings is 1. The lowest BCUT2D eigenvalue weighted by Crippen LogP contribution is -2.45. The molecule has 0 radical (unpaired) electrons. The molecule has 0 unspecified atom stereocenters. The zero-order valence-electron chi connectivity index (χ0n) is 16.6. The van der Waals surface area contributed by atoms with E-state index in [9.17, 15) is 21.6 Å². The number of hydrogen-bond acceptors (Lipinski definition) is 6. The van der Waals surface area contributed by atoms with Gasteiger partial charge >= 0.3 is 6.03 Å². The number of amides is 2. The number of sulfonamides is 2. The Hall–Kier alpha value is -1.73. The van der Waals surface area contributed by atoms with E-state index in [0.29, 0.717) is 31.9 Å². The van der Waals surface area contributed by atoms with Crippen LogP contribution < -0.4 is 15.4 Å². The maximum absolute atomic E-state index is 12.4. The highest BCUT2D eigenvalue weighted by molar-refractivity contribution is 7.89. The summed E-state index contributed by atoms with van der Waals surface area (Å²) in [5.41, 5.74) is 1.47. The Morgan fingerprint density at radius 2 is 1.69 bits per heavy atom. The number of carbonyl (C=O) groups is 1. The lowest BCUT2D eigenvalue weighted by Gasteiger charge is -2.26. The van der Waals surface area contributed by atoms with Gasteiger partial charge in [0.05, 0.1) is 23.9 Å². The first-order valence-electron chi connectivity index (χ1n) is 9.26. The highest BCUT2D eigenvalue weighted by Crippen LogP contribution is 2.16. The van der Waals surface area contributed by atoms with E-state index in [-0.39, 0.29) is 30.3 Å². The molecule has 10 nitrogen and oxygen atoms in total. The van der Waals surface area contributed by atoms with Crippen LogP contribution in [-0.4, -0.2) is 78.9 Å². The Morgan fingerprint density at radius 3 is 2.38 bits per heavy atom. The number of nitrogens with zero attached hydrogens (tertiary/aromatic N) is 1. The third kappa shape index (κ3) is 7.23. The smallest absolute Gasteiger partial charge is 0.314 e. The molecular weight excluding hydrogens is 420 g/mol. The second-order valence-electron chi connectivity index (χ2n) is 6.68. The first kappa shape index (κ1) is 23.5. The van der Waals surface area contributed by atoms with Gasteiger partial charge in [-0.15, -0.1) is 0 Å². The van der Waals surface area contributed by atoms with Crippen LogP contribution in [0.15, 0.2) is 23.1 Å². The van der Waals surface area contributed by atoms with Gasteiger partial charge in [0.1, 0.15) is 0 Å². The lowest BCUT2D eigenvalue weighted by atomic mass is 10.2. The van der Waals surface area contributed by atoms with E-state index in [0.717, 1.165) is 5.56 Å². The fourth-order valence-corrected chi connectivity index (χ4v) is 5.43. The molecule has 1 aliphatic rings. The summed E-state index contributed by atoms with van der Waals surface area (Å²) in [7, 11) is -7.12. The van der Waals surface area contributed by atoms with Gasteiger partial charge in [-0.05, 0) is 31.0 Å². The Balaban J connectivity index is 1.70. The summed E-state index contributed by atoms with van der Waals surface area (Å²) in [6.07, 6.45) is 0. The number of rotatable bonds is 9. The van der Waals surface area contributed by atoms with Crippen LogP contribution in [-0.2, 0) is 24.8 Å². The molecule has 0 saturated carbocycles. The van der Waals surface area contributed by atoms with Crippen molar-refractivity contribution in [3.05, 3.63) is 29.3 Å². The van der Waals surface area contributed by atoms with Crippen LogP contribution in [0.3, 0.4) is 0 Å². The highest BCUT2D eigenvalue weighted by Gasteiger charge is 2.24. The highest BCUT2D eigenvalue weighted by atomic mass is 32.2. The molecule has 1 aromatic carbocycles.